The number of hydrogen-bond donors (Lipinski definition) is 0. The molecule has 3 rings (SSSR count). The van der Waals surface area contributed by atoms with Gasteiger partial charge in [-0.3, -0.25) is 4.79 Å². The van der Waals surface area contributed by atoms with Gasteiger partial charge in [0.2, 0.25) is 0 Å². The van der Waals surface area contributed by atoms with E-state index in [9.17, 15) is 4.79 Å². The molecule has 6 nitrogen and oxygen atoms in total. The van der Waals surface area contributed by atoms with Crippen molar-refractivity contribution in [3.05, 3.63) is 47.9 Å². The Morgan fingerprint density at radius 1 is 1.17 bits per heavy atom. The van der Waals surface area contributed by atoms with Gasteiger partial charge in [-0.15, -0.1) is 0 Å². The fourth-order valence-corrected chi connectivity index (χ4v) is 2.56. The van der Waals surface area contributed by atoms with E-state index in [0.717, 1.165) is 24.6 Å². The number of rotatable bonds is 3. The second kappa shape index (κ2) is 6.75. The molecule has 1 fully saturated rings. The van der Waals surface area contributed by atoms with Crippen molar-refractivity contribution in [2.45, 2.75) is 6.92 Å². The standard InChI is InChI=1S/C17H20N4O2/c1-13-18-15(12-16(19-13)21-8-10-23-11-9-21)17(22)20(2)14-6-4-3-5-7-14/h3-7,12H,8-11H2,1-2H3. The van der Waals surface area contributed by atoms with Crippen molar-refractivity contribution in [1.29, 1.82) is 0 Å². The number of nitrogens with zero attached hydrogens (tertiary/aromatic N) is 4. The van der Waals surface area contributed by atoms with Gasteiger partial charge in [-0.2, -0.15) is 0 Å². The summed E-state index contributed by atoms with van der Waals surface area (Å²) in [5.74, 6) is 1.24. The number of morpholine rings is 1. The van der Waals surface area contributed by atoms with Crippen LogP contribution in [-0.4, -0.2) is 49.2 Å². The predicted octanol–water partition coefficient (Wildman–Crippen LogP) is 1.90. The lowest BCUT2D eigenvalue weighted by Gasteiger charge is -2.28. The van der Waals surface area contributed by atoms with E-state index in [1.807, 2.05) is 37.3 Å². The molecule has 1 aromatic carbocycles. The molecule has 0 unspecified atom stereocenters. The molecule has 1 aromatic heterocycles. The third-order valence-corrected chi connectivity index (χ3v) is 3.83. The zero-order chi connectivity index (χ0) is 16.2. The van der Waals surface area contributed by atoms with Gasteiger partial charge in [-0.1, -0.05) is 18.2 Å². The van der Waals surface area contributed by atoms with Crippen LogP contribution in [0.3, 0.4) is 0 Å². The zero-order valence-corrected chi connectivity index (χ0v) is 13.4. The van der Waals surface area contributed by atoms with Gasteiger partial charge in [0.05, 0.1) is 13.2 Å². The van der Waals surface area contributed by atoms with Crippen LogP contribution in [0.1, 0.15) is 16.3 Å². The van der Waals surface area contributed by atoms with Crippen LogP contribution in [0.2, 0.25) is 0 Å². The Morgan fingerprint density at radius 2 is 1.87 bits per heavy atom. The van der Waals surface area contributed by atoms with E-state index in [2.05, 4.69) is 14.9 Å². The molecule has 0 saturated carbocycles. The molecule has 0 aliphatic carbocycles. The molecule has 120 valence electrons. The molecule has 0 atom stereocenters. The van der Waals surface area contributed by atoms with Crippen LogP contribution in [0, 0.1) is 6.92 Å². The predicted molar refractivity (Wildman–Crippen MR) is 89.0 cm³/mol. The number of anilines is 2. The van der Waals surface area contributed by atoms with Gasteiger partial charge in [0.15, 0.2) is 0 Å². The summed E-state index contributed by atoms with van der Waals surface area (Å²) in [5.41, 5.74) is 1.24. The zero-order valence-electron chi connectivity index (χ0n) is 13.4. The van der Waals surface area contributed by atoms with E-state index in [1.54, 1.807) is 18.0 Å². The molecule has 1 amide bonds. The molecule has 0 radical (unpaired) electrons. The van der Waals surface area contributed by atoms with Gasteiger partial charge in [0, 0.05) is 31.9 Å². The van der Waals surface area contributed by atoms with Crippen molar-refractivity contribution in [3.63, 3.8) is 0 Å². The Kier molecular flexibility index (Phi) is 4.52. The normalized spacial score (nSPS) is 14.6. The number of carbonyl (C=O) groups is 1. The summed E-state index contributed by atoms with van der Waals surface area (Å²) in [7, 11) is 1.75. The van der Waals surface area contributed by atoms with E-state index in [-0.39, 0.29) is 5.91 Å². The van der Waals surface area contributed by atoms with E-state index >= 15 is 0 Å². The van der Waals surface area contributed by atoms with Crippen LogP contribution in [-0.2, 0) is 4.74 Å². The first kappa shape index (κ1) is 15.4. The number of aryl methyl sites for hydroxylation is 1. The molecule has 0 spiro atoms. The van der Waals surface area contributed by atoms with E-state index < -0.39 is 0 Å². The minimum Gasteiger partial charge on any atom is -0.378 e. The van der Waals surface area contributed by atoms with E-state index in [1.165, 1.54) is 0 Å². The lowest BCUT2D eigenvalue weighted by molar-refractivity contribution is 0.0988. The molecule has 1 saturated heterocycles. The maximum Gasteiger partial charge on any atom is 0.276 e. The molecule has 1 aliphatic heterocycles. The number of carbonyl (C=O) groups excluding carboxylic acids is 1. The Labute approximate surface area is 135 Å². The Bertz CT molecular complexity index is 684. The van der Waals surface area contributed by atoms with Crippen molar-refractivity contribution in [2.75, 3.05) is 43.2 Å². The highest BCUT2D eigenvalue weighted by Crippen LogP contribution is 2.18. The average molecular weight is 312 g/mol. The van der Waals surface area contributed by atoms with Gasteiger partial charge in [-0.05, 0) is 19.1 Å². The first-order valence-electron chi connectivity index (χ1n) is 7.66. The van der Waals surface area contributed by atoms with Gasteiger partial charge in [0.25, 0.3) is 5.91 Å². The third kappa shape index (κ3) is 3.48. The first-order chi connectivity index (χ1) is 11.1. The Morgan fingerprint density at radius 3 is 2.57 bits per heavy atom. The smallest absolute Gasteiger partial charge is 0.276 e. The highest BCUT2D eigenvalue weighted by atomic mass is 16.5. The Balaban J connectivity index is 1.87. The largest absolute Gasteiger partial charge is 0.378 e. The number of hydrogen-bond acceptors (Lipinski definition) is 5. The minimum atomic E-state index is -0.142. The molecule has 0 bridgehead atoms. The molecular formula is C17H20N4O2. The molecule has 0 N–H and O–H groups in total. The molecule has 2 heterocycles. The van der Waals surface area contributed by atoms with Crippen molar-refractivity contribution in [2.24, 2.45) is 0 Å². The summed E-state index contributed by atoms with van der Waals surface area (Å²) in [6.07, 6.45) is 0. The fraction of sp³-hybridized carbons (Fsp3) is 0.353. The van der Waals surface area contributed by atoms with Crippen molar-refractivity contribution in [1.82, 2.24) is 9.97 Å². The maximum atomic E-state index is 12.7. The summed E-state index contributed by atoms with van der Waals surface area (Å²) >= 11 is 0. The van der Waals surface area contributed by atoms with Crippen molar-refractivity contribution in [3.8, 4) is 0 Å². The minimum absolute atomic E-state index is 0.142. The monoisotopic (exact) mass is 312 g/mol. The average Bonchev–Trinajstić information content (AvgIpc) is 2.61. The van der Waals surface area contributed by atoms with E-state index in [4.69, 9.17) is 4.74 Å². The van der Waals surface area contributed by atoms with Crippen LogP contribution in [0.25, 0.3) is 0 Å². The third-order valence-electron chi connectivity index (χ3n) is 3.83. The van der Waals surface area contributed by atoms with Crippen LogP contribution < -0.4 is 9.80 Å². The number of benzene rings is 1. The lowest BCUT2D eigenvalue weighted by Crippen LogP contribution is -2.37. The first-order valence-corrected chi connectivity index (χ1v) is 7.66. The number of ether oxygens (including phenoxy) is 1. The summed E-state index contributed by atoms with van der Waals surface area (Å²) in [5, 5.41) is 0. The SMILES string of the molecule is Cc1nc(C(=O)N(C)c2ccccc2)cc(N2CCOCC2)n1. The quantitative estimate of drug-likeness (QED) is 0.866. The highest BCUT2D eigenvalue weighted by molar-refractivity contribution is 6.04. The van der Waals surface area contributed by atoms with Gasteiger partial charge in [-0.25, -0.2) is 9.97 Å². The molecule has 6 heteroatoms. The van der Waals surface area contributed by atoms with Crippen molar-refractivity contribution < 1.29 is 9.53 Å². The summed E-state index contributed by atoms with van der Waals surface area (Å²) in [4.78, 5) is 25.2. The Hall–Kier alpha value is -2.47. The second-order valence-electron chi connectivity index (χ2n) is 5.46. The van der Waals surface area contributed by atoms with E-state index in [0.29, 0.717) is 24.7 Å². The van der Waals surface area contributed by atoms with Crippen LogP contribution in [0.15, 0.2) is 36.4 Å². The highest BCUT2D eigenvalue weighted by Gasteiger charge is 2.19. The molecular weight excluding hydrogens is 292 g/mol. The molecule has 1 aliphatic rings. The maximum absolute atomic E-state index is 12.7. The van der Waals surface area contributed by atoms with Gasteiger partial charge in [0.1, 0.15) is 17.3 Å². The summed E-state index contributed by atoms with van der Waals surface area (Å²) in [6.45, 7) is 4.72. The second-order valence-corrected chi connectivity index (χ2v) is 5.46. The summed E-state index contributed by atoms with van der Waals surface area (Å²) in [6, 6.07) is 11.3. The summed E-state index contributed by atoms with van der Waals surface area (Å²) < 4.78 is 5.36. The molecule has 23 heavy (non-hydrogen) atoms. The fourth-order valence-electron chi connectivity index (χ4n) is 2.56. The van der Waals surface area contributed by atoms with Crippen molar-refractivity contribution >= 4 is 17.4 Å². The number of aromatic nitrogens is 2. The molecule has 2 aromatic rings. The lowest BCUT2D eigenvalue weighted by atomic mass is 10.2. The van der Waals surface area contributed by atoms with Crippen LogP contribution in [0.5, 0.6) is 0 Å². The van der Waals surface area contributed by atoms with Gasteiger partial charge >= 0.3 is 0 Å². The number of para-hydroxylation sites is 1. The van der Waals surface area contributed by atoms with Crippen LogP contribution >= 0.6 is 0 Å². The van der Waals surface area contributed by atoms with Gasteiger partial charge < -0.3 is 14.5 Å². The van der Waals surface area contributed by atoms with Crippen LogP contribution in [0.4, 0.5) is 11.5 Å². The topological polar surface area (TPSA) is 58.6 Å². The number of amides is 1.